The molecule has 0 aromatic rings. The van der Waals surface area contributed by atoms with Crippen LogP contribution >= 0.6 is 0 Å². The summed E-state index contributed by atoms with van der Waals surface area (Å²) in [5, 5.41) is 14.5. The van der Waals surface area contributed by atoms with E-state index in [1.807, 2.05) is 0 Å². The van der Waals surface area contributed by atoms with E-state index in [9.17, 15) is 4.79 Å². The van der Waals surface area contributed by atoms with Crippen LogP contribution in [-0.2, 0) is 4.79 Å². The van der Waals surface area contributed by atoms with Crippen LogP contribution < -0.4 is 10.6 Å². The number of hydrogen-bond acceptors (Lipinski definition) is 3. The van der Waals surface area contributed by atoms with E-state index in [1.165, 1.54) is 25.7 Å². The molecule has 0 aromatic carbocycles. The van der Waals surface area contributed by atoms with Crippen LogP contribution in [0.4, 0.5) is 0 Å². The van der Waals surface area contributed by atoms with Crippen molar-refractivity contribution in [1.29, 1.82) is 0 Å². The third-order valence-corrected chi connectivity index (χ3v) is 2.79. The highest BCUT2D eigenvalue weighted by molar-refractivity contribution is 5.78. The second-order valence-corrected chi connectivity index (χ2v) is 4.16. The molecule has 1 aliphatic rings. The van der Waals surface area contributed by atoms with Crippen molar-refractivity contribution in [3.63, 3.8) is 0 Å². The number of rotatable bonds is 5. The molecule has 0 unspecified atom stereocenters. The summed E-state index contributed by atoms with van der Waals surface area (Å²) in [6.45, 7) is 0.881. The van der Waals surface area contributed by atoms with Gasteiger partial charge < -0.3 is 15.7 Å². The second-order valence-electron chi connectivity index (χ2n) is 4.16. The Bertz CT molecular complexity index is 177. The number of hydrogen-bond donors (Lipinski definition) is 3. The molecular formula is C11H22N2O2. The summed E-state index contributed by atoms with van der Waals surface area (Å²) < 4.78 is 0. The maximum atomic E-state index is 11.4. The third kappa shape index (κ3) is 5.74. The standard InChI is InChI=1S/C11H22N2O2/c14-8-7-12-9-11(15)13-10-5-3-1-2-4-6-10/h10,12,14H,1-9H2,(H,13,15). The molecule has 88 valence electrons. The smallest absolute Gasteiger partial charge is 0.234 e. The lowest BCUT2D eigenvalue weighted by Crippen LogP contribution is -2.40. The minimum Gasteiger partial charge on any atom is -0.395 e. The van der Waals surface area contributed by atoms with Gasteiger partial charge in [0.1, 0.15) is 0 Å². The maximum absolute atomic E-state index is 11.4. The van der Waals surface area contributed by atoms with E-state index in [1.54, 1.807) is 0 Å². The fourth-order valence-corrected chi connectivity index (χ4v) is 1.98. The minimum absolute atomic E-state index is 0.0513. The van der Waals surface area contributed by atoms with E-state index >= 15 is 0 Å². The highest BCUT2D eigenvalue weighted by atomic mass is 16.3. The molecule has 0 radical (unpaired) electrons. The molecular weight excluding hydrogens is 192 g/mol. The number of nitrogens with one attached hydrogen (secondary N) is 2. The lowest BCUT2D eigenvalue weighted by molar-refractivity contribution is -0.121. The molecule has 0 spiro atoms. The molecule has 1 fully saturated rings. The molecule has 4 nitrogen and oxygen atoms in total. The Morgan fingerprint density at radius 1 is 1.20 bits per heavy atom. The van der Waals surface area contributed by atoms with Crippen molar-refractivity contribution >= 4 is 5.91 Å². The molecule has 15 heavy (non-hydrogen) atoms. The summed E-state index contributed by atoms with van der Waals surface area (Å²) >= 11 is 0. The molecule has 0 saturated heterocycles. The maximum Gasteiger partial charge on any atom is 0.234 e. The molecule has 0 atom stereocenters. The molecule has 1 saturated carbocycles. The van der Waals surface area contributed by atoms with Gasteiger partial charge in [-0.05, 0) is 12.8 Å². The monoisotopic (exact) mass is 214 g/mol. The average Bonchev–Trinajstić information content (AvgIpc) is 2.47. The van der Waals surface area contributed by atoms with Gasteiger partial charge in [-0.2, -0.15) is 0 Å². The first-order valence-corrected chi connectivity index (χ1v) is 5.94. The Labute approximate surface area is 91.4 Å². The number of aliphatic hydroxyl groups excluding tert-OH is 1. The van der Waals surface area contributed by atoms with Crippen molar-refractivity contribution in [1.82, 2.24) is 10.6 Å². The van der Waals surface area contributed by atoms with E-state index < -0.39 is 0 Å². The van der Waals surface area contributed by atoms with Crippen molar-refractivity contribution in [3.8, 4) is 0 Å². The van der Waals surface area contributed by atoms with Gasteiger partial charge >= 0.3 is 0 Å². The summed E-state index contributed by atoms with van der Waals surface area (Å²) in [6.07, 6.45) is 7.30. The Kier molecular flexibility index (Phi) is 6.36. The van der Waals surface area contributed by atoms with E-state index in [0.717, 1.165) is 12.8 Å². The van der Waals surface area contributed by atoms with Gasteiger partial charge in [-0.3, -0.25) is 4.79 Å². The van der Waals surface area contributed by atoms with Gasteiger partial charge in [0, 0.05) is 12.6 Å². The lowest BCUT2D eigenvalue weighted by Gasteiger charge is -2.16. The molecule has 1 amide bonds. The van der Waals surface area contributed by atoms with E-state index in [-0.39, 0.29) is 12.5 Å². The molecule has 4 heteroatoms. The predicted octanol–water partition coefficient (Wildman–Crippen LogP) is 0.407. The van der Waals surface area contributed by atoms with Crippen LogP contribution in [0.3, 0.4) is 0 Å². The Hall–Kier alpha value is -0.610. The first-order chi connectivity index (χ1) is 7.33. The quantitative estimate of drug-likeness (QED) is 0.459. The summed E-state index contributed by atoms with van der Waals surface area (Å²) in [5.74, 6) is 0.0513. The normalized spacial score (nSPS) is 18.5. The van der Waals surface area contributed by atoms with E-state index in [2.05, 4.69) is 10.6 Å². The van der Waals surface area contributed by atoms with Crippen LogP contribution in [0.2, 0.25) is 0 Å². The number of amides is 1. The summed E-state index contributed by atoms with van der Waals surface area (Å²) in [5.41, 5.74) is 0. The van der Waals surface area contributed by atoms with Crippen LogP contribution in [-0.4, -0.2) is 36.8 Å². The zero-order chi connectivity index (χ0) is 10.9. The Morgan fingerprint density at radius 3 is 2.47 bits per heavy atom. The van der Waals surface area contributed by atoms with Crippen LogP contribution in [0.25, 0.3) is 0 Å². The zero-order valence-electron chi connectivity index (χ0n) is 9.30. The number of aliphatic hydroxyl groups is 1. The molecule has 1 rings (SSSR count). The molecule has 1 aliphatic carbocycles. The summed E-state index contributed by atoms with van der Waals surface area (Å²) in [6, 6.07) is 0.371. The van der Waals surface area contributed by atoms with Gasteiger partial charge in [-0.15, -0.1) is 0 Å². The van der Waals surface area contributed by atoms with Crippen molar-refractivity contribution in [2.24, 2.45) is 0 Å². The number of carbonyl (C=O) groups is 1. The molecule has 0 aromatic heterocycles. The van der Waals surface area contributed by atoms with Crippen LogP contribution in [0.1, 0.15) is 38.5 Å². The summed E-state index contributed by atoms with van der Waals surface area (Å²) in [7, 11) is 0. The van der Waals surface area contributed by atoms with Crippen molar-refractivity contribution < 1.29 is 9.90 Å². The largest absolute Gasteiger partial charge is 0.395 e. The third-order valence-electron chi connectivity index (χ3n) is 2.79. The predicted molar refractivity (Wildman–Crippen MR) is 59.6 cm³/mol. The van der Waals surface area contributed by atoms with Gasteiger partial charge in [0.25, 0.3) is 0 Å². The van der Waals surface area contributed by atoms with E-state index in [0.29, 0.717) is 19.1 Å². The first-order valence-electron chi connectivity index (χ1n) is 5.94. The fourth-order valence-electron chi connectivity index (χ4n) is 1.98. The van der Waals surface area contributed by atoms with Gasteiger partial charge in [0.05, 0.1) is 13.2 Å². The van der Waals surface area contributed by atoms with Crippen LogP contribution in [0, 0.1) is 0 Å². The fraction of sp³-hybridized carbons (Fsp3) is 0.909. The molecule has 3 N–H and O–H groups in total. The average molecular weight is 214 g/mol. The Balaban J connectivity index is 2.12. The van der Waals surface area contributed by atoms with Crippen LogP contribution in [0.15, 0.2) is 0 Å². The molecule has 0 heterocycles. The Morgan fingerprint density at radius 2 is 1.87 bits per heavy atom. The minimum atomic E-state index is 0.0513. The zero-order valence-corrected chi connectivity index (χ0v) is 9.30. The van der Waals surface area contributed by atoms with E-state index in [4.69, 9.17) is 5.11 Å². The van der Waals surface area contributed by atoms with Gasteiger partial charge in [-0.1, -0.05) is 25.7 Å². The van der Waals surface area contributed by atoms with Crippen molar-refractivity contribution in [2.75, 3.05) is 19.7 Å². The summed E-state index contributed by atoms with van der Waals surface area (Å²) in [4.78, 5) is 11.4. The number of carbonyl (C=O) groups excluding carboxylic acids is 1. The SMILES string of the molecule is O=C(CNCCO)NC1CCCCCC1. The lowest BCUT2D eigenvalue weighted by atomic mass is 10.1. The first kappa shape index (κ1) is 12.5. The molecule has 0 bridgehead atoms. The van der Waals surface area contributed by atoms with Crippen LogP contribution in [0.5, 0.6) is 0 Å². The topological polar surface area (TPSA) is 61.4 Å². The molecule has 0 aliphatic heterocycles. The highest BCUT2D eigenvalue weighted by Crippen LogP contribution is 2.16. The van der Waals surface area contributed by atoms with Crippen molar-refractivity contribution in [2.45, 2.75) is 44.6 Å². The van der Waals surface area contributed by atoms with Gasteiger partial charge in [-0.25, -0.2) is 0 Å². The van der Waals surface area contributed by atoms with Gasteiger partial charge in [0.2, 0.25) is 5.91 Å². The van der Waals surface area contributed by atoms with Gasteiger partial charge in [0.15, 0.2) is 0 Å². The highest BCUT2D eigenvalue weighted by Gasteiger charge is 2.13. The van der Waals surface area contributed by atoms with Crippen molar-refractivity contribution in [3.05, 3.63) is 0 Å². The second kappa shape index (κ2) is 7.65.